The summed E-state index contributed by atoms with van der Waals surface area (Å²) in [4.78, 5) is 11.3. The first-order valence-electron chi connectivity index (χ1n) is 5.52. The van der Waals surface area contributed by atoms with Crippen LogP contribution in [0.3, 0.4) is 0 Å². The molecule has 0 aliphatic heterocycles. The van der Waals surface area contributed by atoms with Crippen molar-refractivity contribution in [2.75, 3.05) is 6.61 Å². The summed E-state index contributed by atoms with van der Waals surface area (Å²) in [5, 5.41) is 12.9. The predicted molar refractivity (Wildman–Crippen MR) is 68.0 cm³/mol. The second-order valence-electron chi connectivity index (χ2n) is 3.71. The average molecular weight is 250 g/mol. The van der Waals surface area contributed by atoms with Crippen molar-refractivity contribution >= 4 is 27.4 Å². The van der Waals surface area contributed by atoms with E-state index in [1.807, 2.05) is 29.6 Å². The molecule has 2 rings (SSSR count). The van der Waals surface area contributed by atoms with Crippen LogP contribution < -0.4 is 0 Å². The second-order valence-corrected chi connectivity index (χ2v) is 4.62. The van der Waals surface area contributed by atoms with Crippen LogP contribution in [-0.2, 0) is 9.53 Å². The molecule has 1 atom stereocenters. The Bertz CT molecular complexity index is 518. The van der Waals surface area contributed by atoms with Crippen LogP contribution in [0.25, 0.3) is 10.1 Å². The number of carbonyl (C=O) groups excluding carboxylic acids is 1. The Morgan fingerprint density at radius 1 is 1.47 bits per heavy atom. The maximum absolute atomic E-state index is 11.3. The Kier molecular flexibility index (Phi) is 3.76. The van der Waals surface area contributed by atoms with Crippen LogP contribution in [0.15, 0.2) is 29.6 Å². The second kappa shape index (κ2) is 5.29. The summed E-state index contributed by atoms with van der Waals surface area (Å²) in [6.45, 7) is 2.10. The predicted octanol–water partition coefficient (Wildman–Crippen LogP) is 2.89. The molecule has 0 aliphatic rings. The normalized spacial score (nSPS) is 12.6. The molecule has 1 aromatic heterocycles. The Hall–Kier alpha value is -1.39. The largest absolute Gasteiger partial charge is 0.466 e. The Labute approximate surface area is 104 Å². The molecule has 4 heteroatoms. The number of rotatable bonds is 4. The zero-order valence-corrected chi connectivity index (χ0v) is 10.4. The van der Waals surface area contributed by atoms with E-state index in [4.69, 9.17) is 4.74 Å². The molecule has 1 unspecified atom stereocenters. The quantitative estimate of drug-likeness (QED) is 0.849. The van der Waals surface area contributed by atoms with E-state index in [-0.39, 0.29) is 12.4 Å². The zero-order chi connectivity index (χ0) is 12.3. The van der Waals surface area contributed by atoms with Crippen molar-refractivity contribution in [2.45, 2.75) is 19.4 Å². The minimum absolute atomic E-state index is 0.00850. The molecule has 3 nitrogen and oxygen atoms in total. The number of carbonyl (C=O) groups is 1. The summed E-state index contributed by atoms with van der Waals surface area (Å²) in [5.74, 6) is -0.365. The van der Waals surface area contributed by atoms with Crippen molar-refractivity contribution in [1.29, 1.82) is 0 Å². The Balaban J connectivity index is 2.19. The molecule has 0 aliphatic carbocycles. The molecule has 0 saturated heterocycles. The number of thiophene rings is 1. The average Bonchev–Trinajstić information content (AvgIpc) is 2.72. The maximum atomic E-state index is 11.3. The van der Waals surface area contributed by atoms with Crippen molar-refractivity contribution in [3.8, 4) is 0 Å². The first kappa shape index (κ1) is 12.1. The van der Waals surface area contributed by atoms with Gasteiger partial charge in [-0.3, -0.25) is 4.79 Å². The molecule has 17 heavy (non-hydrogen) atoms. The van der Waals surface area contributed by atoms with E-state index < -0.39 is 6.10 Å². The molecule has 0 fully saturated rings. The third kappa shape index (κ3) is 2.65. The number of hydrogen-bond donors (Lipinski definition) is 1. The smallest absolute Gasteiger partial charge is 0.308 e. The number of aliphatic hydroxyl groups excluding tert-OH is 1. The SMILES string of the molecule is CCOC(=O)CC(O)c1csc2ccccc12. The summed E-state index contributed by atoms with van der Waals surface area (Å²) in [7, 11) is 0. The fraction of sp³-hybridized carbons (Fsp3) is 0.308. The molecule has 1 aromatic carbocycles. The highest BCUT2D eigenvalue weighted by Crippen LogP contribution is 2.31. The van der Waals surface area contributed by atoms with Gasteiger partial charge in [0.2, 0.25) is 0 Å². The van der Waals surface area contributed by atoms with Gasteiger partial charge in [-0.2, -0.15) is 0 Å². The van der Waals surface area contributed by atoms with E-state index in [0.717, 1.165) is 15.6 Å². The van der Waals surface area contributed by atoms with Crippen molar-refractivity contribution in [3.05, 3.63) is 35.2 Å². The molecule has 1 N–H and O–H groups in total. The van der Waals surface area contributed by atoms with Crippen LogP contribution in [0.5, 0.6) is 0 Å². The van der Waals surface area contributed by atoms with Crippen molar-refractivity contribution in [2.24, 2.45) is 0 Å². The van der Waals surface area contributed by atoms with Gasteiger partial charge in [0.05, 0.1) is 19.1 Å². The molecule has 2 aromatic rings. The molecular formula is C13H14O3S. The van der Waals surface area contributed by atoms with Crippen LogP contribution in [0, 0.1) is 0 Å². The lowest BCUT2D eigenvalue weighted by atomic mass is 10.1. The zero-order valence-electron chi connectivity index (χ0n) is 9.55. The highest BCUT2D eigenvalue weighted by Gasteiger charge is 2.17. The first-order valence-corrected chi connectivity index (χ1v) is 6.40. The van der Waals surface area contributed by atoms with Gasteiger partial charge in [-0.05, 0) is 29.3 Å². The lowest BCUT2D eigenvalue weighted by Gasteiger charge is -2.08. The van der Waals surface area contributed by atoms with Gasteiger partial charge >= 0.3 is 5.97 Å². The summed E-state index contributed by atoms with van der Waals surface area (Å²) >= 11 is 1.57. The van der Waals surface area contributed by atoms with E-state index in [9.17, 15) is 9.90 Å². The molecule has 0 amide bonds. The number of benzene rings is 1. The van der Waals surface area contributed by atoms with Gasteiger partial charge < -0.3 is 9.84 Å². The molecule has 0 saturated carbocycles. The minimum Gasteiger partial charge on any atom is -0.466 e. The molecule has 1 heterocycles. The monoisotopic (exact) mass is 250 g/mol. The van der Waals surface area contributed by atoms with Crippen LogP contribution in [0.2, 0.25) is 0 Å². The van der Waals surface area contributed by atoms with E-state index in [0.29, 0.717) is 6.61 Å². The first-order chi connectivity index (χ1) is 8.22. The lowest BCUT2D eigenvalue weighted by Crippen LogP contribution is -2.09. The fourth-order valence-corrected chi connectivity index (χ4v) is 2.75. The molecule has 0 spiro atoms. The van der Waals surface area contributed by atoms with Crippen molar-refractivity contribution in [3.63, 3.8) is 0 Å². The van der Waals surface area contributed by atoms with Crippen LogP contribution in [0.1, 0.15) is 25.0 Å². The third-order valence-corrected chi connectivity index (χ3v) is 3.52. The van der Waals surface area contributed by atoms with Gasteiger partial charge in [0, 0.05) is 4.70 Å². The standard InChI is InChI=1S/C13H14O3S/c1-2-16-13(15)7-11(14)10-8-17-12-6-4-3-5-9(10)12/h3-6,8,11,14H,2,7H2,1H3. The summed E-state index contributed by atoms with van der Waals surface area (Å²) < 4.78 is 5.94. The lowest BCUT2D eigenvalue weighted by molar-refractivity contribution is -0.145. The van der Waals surface area contributed by atoms with Gasteiger partial charge in [-0.15, -0.1) is 11.3 Å². The Morgan fingerprint density at radius 3 is 3.00 bits per heavy atom. The van der Waals surface area contributed by atoms with Crippen molar-refractivity contribution in [1.82, 2.24) is 0 Å². The topological polar surface area (TPSA) is 46.5 Å². The highest BCUT2D eigenvalue weighted by molar-refractivity contribution is 7.17. The molecule has 90 valence electrons. The Morgan fingerprint density at radius 2 is 2.24 bits per heavy atom. The van der Waals surface area contributed by atoms with Gasteiger partial charge in [-0.1, -0.05) is 18.2 Å². The van der Waals surface area contributed by atoms with E-state index >= 15 is 0 Å². The molecular weight excluding hydrogens is 236 g/mol. The van der Waals surface area contributed by atoms with E-state index in [1.165, 1.54) is 0 Å². The molecule has 0 bridgehead atoms. The van der Waals surface area contributed by atoms with Crippen LogP contribution >= 0.6 is 11.3 Å². The van der Waals surface area contributed by atoms with Crippen LogP contribution in [-0.4, -0.2) is 17.7 Å². The number of hydrogen-bond acceptors (Lipinski definition) is 4. The third-order valence-electron chi connectivity index (χ3n) is 2.54. The maximum Gasteiger partial charge on any atom is 0.308 e. The van der Waals surface area contributed by atoms with E-state index in [2.05, 4.69) is 0 Å². The molecule has 0 radical (unpaired) electrons. The fourth-order valence-electron chi connectivity index (χ4n) is 1.74. The number of fused-ring (bicyclic) bond motifs is 1. The van der Waals surface area contributed by atoms with Gasteiger partial charge in [0.1, 0.15) is 0 Å². The van der Waals surface area contributed by atoms with Crippen molar-refractivity contribution < 1.29 is 14.6 Å². The summed E-state index contributed by atoms with van der Waals surface area (Å²) in [6.07, 6.45) is -0.778. The number of aliphatic hydroxyl groups is 1. The van der Waals surface area contributed by atoms with Gasteiger partial charge in [0.25, 0.3) is 0 Å². The highest BCUT2D eigenvalue weighted by atomic mass is 32.1. The van der Waals surface area contributed by atoms with Gasteiger partial charge in [-0.25, -0.2) is 0 Å². The van der Waals surface area contributed by atoms with Gasteiger partial charge in [0.15, 0.2) is 0 Å². The van der Waals surface area contributed by atoms with Crippen LogP contribution in [0.4, 0.5) is 0 Å². The number of ether oxygens (including phenoxy) is 1. The summed E-state index contributed by atoms with van der Waals surface area (Å²) in [5.41, 5.74) is 0.804. The number of esters is 1. The summed E-state index contributed by atoms with van der Waals surface area (Å²) in [6, 6.07) is 7.84. The van der Waals surface area contributed by atoms with E-state index in [1.54, 1.807) is 18.3 Å². The minimum atomic E-state index is -0.787.